The van der Waals surface area contributed by atoms with Gasteiger partial charge in [-0.15, -0.1) is 0 Å². The van der Waals surface area contributed by atoms with E-state index < -0.39 is 11.8 Å². The molecule has 1 aromatic carbocycles. The lowest BCUT2D eigenvalue weighted by Crippen LogP contribution is -2.26. The van der Waals surface area contributed by atoms with Crippen molar-refractivity contribution in [1.82, 2.24) is 5.32 Å². The van der Waals surface area contributed by atoms with Crippen LogP contribution in [0.2, 0.25) is 0 Å². The van der Waals surface area contributed by atoms with Crippen molar-refractivity contribution in [3.05, 3.63) is 29.6 Å². The van der Waals surface area contributed by atoms with Crippen LogP contribution in [0.25, 0.3) is 0 Å². The Balaban J connectivity index is 2.65. The first-order valence-corrected chi connectivity index (χ1v) is 6.33. The van der Waals surface area contributed by atoms with Gasteiger partial charge in [-0.05, 0) is 17.7 Å². The first kappa shape index (κ1) is 15.4. The van der Waals surface area contributed by atoms with Gasteiger partial charge in [0.1, 0.15) is 11.6 Å². The third-order valence-electron chi connectivity index (χ3n) is 2.63. The number of nitrogens with one attached hydrogen (secondary N) is 1. The lowest BCUT2D eigenvalue weighted by molar-refractivity contribution is -0.122. The summed E-state index contributed by atoms with van der Waals surface area (Å²) in [5.41, 5.74) is 5.94. The quantitative estimate of drug-likeness (QED) is 0.793. The lowest BCUT2D eigenvalue weighted by atomic mass is 10.2. The highest BCUT2D eigenvalue weighted by molar-refractivity contribution is 5.76. The first-order chi connectivity index (χ1) is 8.88. The first-order valence-electron chi connectivity index (χ1n) is 6.33. The highest BCUT2D eigenvalue weighted by Crippen LogP contribution is 2.17. The number of hydrogen-bond donors (Lipinski definition) is 2. The lowest BCUT2D eigenvalue weighted by Gasteiger charge is -2.12. The van der Waals surface area contributed by atoms with Gasteiger partial charge in [-0.2, -0.15) is 0 Å². The Morgan fingerprint density at radius 1 is 1.37 bits per heavy atom. The molecule has 1 atom stereocenters. The summed E-state index contributed by atoms with van der Waals surface area (Å²) in [5.74, 6) is -0.781. The van der Waals surface area contributed by atoms with E-state index in [1.807, 2.05) is 13.8 Å². The summed E-state index contributed by atoms with van der Waals surface area (Å²) in [6, 6.07) is 4.83. The Morgan fingerprint density at radius 2 is 2.05 bits per heavy atom. The number of halogens is 1. The molecule has 1 amide bonds. The predicted octanol–water partition coefficient (Wildman–Crippen LogP) is 1.82. The van der Waals surface area contributed by atoms with Gasteiger partial charge in [0.2, 0.25) is 5.91 Å². The third-order valence-corrected chi connectivity index (χ3v) is 2.63. The van der Waals surface area contributed by atoms with E-state index in [2.05, 4.69) is 5.32 Å². The molecule has 0 aliphatic carbocycles. The van der Waals surface area contributed by atoms with Crippen LogP contribution in [-0.2, 0) is 11.3 Å². The molecule has 0 radical (unpaired) electrons. The molecule has 1 aromatic rings. The summed E-state index contributed by atoms with van der Waals surface area (Å²) in [6.45, 7) is 6.42. The minimum Gasteiger partial charge on any atom is -0.493 e. The summed E-state index contributed by atoms with van der Waals surface area (Å²) in [4.78, 5) is 10.9. The number of rotatable bonds is 7. The van der Waals surface area contributed by atoms with Crippen molar-refractivity contribution >= 4 is 5.91 Å². The van der Waals surface area contributed by atoms with E-state index in [0.29, 0.717) is 18.3 Å². The minimum atomic E-state index is -0.432. The van der Waals surface area contributed by atoms with E-state index in [0.717, 1.165) is 5.56 Å². The molecule has 1 rings (SSSR count). The van der Waals surface area contributed by atoms with E-state index in [4.69, 9.17) is 10.5 Å². The monoisotopic (exact) mass is 268 g/mol. The van der Waals surface area contributed by atoms with E-state index in [1.54, 1.807) is 13.0 Å². The van der Waals surface area contributed by atoms with E-state index in [1.165, 1.54) is 12.1 Å². The standard InChI is InChI=1S/C14H21FN2O2/c1-9(2)17-7-11-4-12(15)6-13(5-11)19-8-10(3)14(16)18/h4-6,9-10,17H,7-8H2,1-3H3,(H2,16,18). The minimum absolute atomic E-state index is 0.149. The van der Waals surface area contributed by atoms with Crippen LogP contribution in [0.15, 0.2) is 18.2 Å². The summed E-state index contributed by atoms with van der Waals surface area (Å²) in [7, 11) is 0. The largest absolute Gasteiger partial charge is 0.493 e. The van der Waals surface area contributed by atoms with Crippen molar-refractivity contribution in [2.45, 2.75) is 33.4 Å². The molecular formula is C14H21FN2O2. The molecule has 0 aromatic heterocycles. The van der Waals surface area contributed by atoms with Gasteiger partial charge in [0, 0.05) is 18.7 Å². The Bertz CT molecular complexity index is 435. The van der Waals surface area contributed by atoms with E-state index in [9.17, 15) is 9.18 Å². The normalized spacial score (nSPS) is 12.5. The predicted molar refractivity (Wildman–Crippen MR) is 72.2 cm³/mol. The molecule has 0 aliphatic heterocycles. The average Bonchev–Trinajstić information content (AvgIpc) is 2.32. The second kappa shape index (κ2) is 7.09. The molecule has 4 nitrogen and oxygen atoms in total. The molecule has 0 fully saturated rings. The van der Waals surface area contributed by atoms with Gasteiger partial charge in [0.15, 0.2) is 0 Å². The molecule has 0 saturated heterocycles. The van der Waals surface area contributed by atoms with Crippen molar-refractivity contribution in [2.75, 3.05) is 6.61 Å². The molecule has 0 spiro atoms. The second-order valence-corrected chi connectivity index (χ2v) is 4.95. The van der Waals surface area contributed by atoms with E-state index >= 15 is 0 Å². The summed E-state index contributed by atoms with van der Waals surface area (Å²) >= 11 is 0. The van der Waals surface area contributed by atoms with Crippen LogP contribution in [0.4, 0.5) is 4.39 Å². The van der Waals surface area contributed by atoms with Gasteiger partial charge in [-0.25, -0.2) is 4.39 Å². The van der Waals surface area contributed by atoms with Gasteiger partial charge in [0.25, 0.3) is 0 Å². The summed E-state index contributed by atoms with van der Waals surface area (Å²) < 4.78 is 18.8. The molecule has 0 heterocycles. The fraction of sp³-hybridized carbons (Fsp3) is 0.500. The Labute approximate surface area is 113 Å². The number of carbonyl (C=O) groups excluding carboxylic acids is 1. The number of nitrogens with two attached hydrogens (primary N) is 1. The van der Waals surface area contributed by atoms with Crippen LogP contribution in [0.3, 0.4) is 0 Å². The van der Waals surface area contributed by atoms with Crippen molar-refractivity contribution in [3.63, 3.8) is 0 Å². The molecular weight excluding hydrogens is 247 g/mol. The highest BCUT2D eigenvalue weighted by atomic mass is 19.1. The zero-order valence-electron chi connectivity index (χ0n) is 11.6. The number of ether oxygens (including phenoxy) is 1. The van der Waals surface area contributed by atoms with Crippen molar-refractivity contribution in [2.24, 2.45) is 11.7 Å². The van der Waals surface area contributed by atoms with Crippen LogP contribution in [-0.4, -0.2) is 18.6 Å². The van der Waals surface area contributed by atoms with Gasteiger partial charge in [-0.1, -0.05) is 20.8 Å². The molecule has 1 unspecified atom stereocenters. The fourth-order valence-corrected chi connectivity index (χ4v) is 1.43. The molecule has 0 bridgehead atoms. The molecule has 0 saturated carbocycles. The molecule has 3 N–H and O–H groups in total. The Kier molecular flexibility index (Phi) is 5.76. The zero-order chi connectivity index (χ0) is 14.4. The fourth-order valence-electron chi connectivity index (χ4n) is 1.43. The summed E-state index contributed by atoms with van der Waals surface area (Å²) in [6.07, 6.45) is 0. The van der Waals surface area contributed by atoms with Gasteiger partial charge in [0.05, 0.1) is 12.5 Å². The van der Waals surface area contributed by atoms with Crippen LogP contribution < -0.4 is 15.8 Å². The molecule has 0 aliphatic rings. The van der Waals surface area contributed by atoms with Crippen LogP contribution in [0, 0.1) is 11.7 Å². The Hall–Kier alpha value is -1.62. The van der Waals surface area contributed by atoms with Gasteiger partial charge < -0.3 is 15.8 Å². The van der Waals surface area contributed by atoms with Crippen LogP contribution >= 0.6 is 0 Å². The maximum absolute atomic E-state index is 13.4. The van der Waals surface area contributed by atoms with E-state index in [-0.39, 0.29) is 12.4 Å². The molecule has 106 valence electrons. The second-order valence-electron chi connectivity index (χ2n) is 4.95. The number of hydrogen-bond acceptors (Lipinski definition) is 3. The van der Waals surface area contributed by atoms with Crippen LogP contribution in [0.5, 0.6) is 5.75 Å². The Morgan fingerprint density at radius 3 is 2.63 bits per heavy atom. The van der Waals surface area contributed by atoms with Crippen molar-refractivity contribution in [3.8, 4) is 5.75 Å². The zero-order valence-corrected chi connectivity index (χ0v) is 11.6. The number of benzene rings is 1. The van der Waals surface area contributed by atoms with Crippen LogP contribution in [0.1, 0.15) is 26.3 Å². The third kappa shape index (κ3) is 5.70. The topological polar surface area (TPSA) is 64.3 Å². The summed E-state index contributed by atoms with van der Waals surface area (Å²) in [5, 5.41) is 3.20. The maximum Gasteiger partial charge on any atom is 0.223 e. The van der Waals surface area contributed by atoms with Crippen molar-refractivity contribution in [1.29, 1.82) is 0 Å². The number of primary amides is 1. The average molecular weight is 268 g/mol. The highest BCUT2D eigenvalue weighted by Gasteiger charge is 2.10. The molecule has 19 heavy (non-hydrogen) atoms. The van der Waals surface area contributed by atoms with Gasteiger partial charge in [-0.3, -0.25) is 4.79 Å². The number of carbonyl (C=O) groups is 1. The van der Waals surface area contributed by atoms with Gasteiger partial charge >= 0.3 is 0 Å². The SMILES string of the molecule is CC(C)NCc1cc(F)cc(OCC(C)C(N)=O)c1. The van der Waals surface area contributed by atoms with Crippen molar-refractivity contribution < 1.29 is 13.9 Å². The number of amides is 1. The maximum atomic E-state index is 13.4. The smallest absolute Gasteiger partial charge is 0.223 e. The molecule has 5 heteroatoms.